The van der Waals surface area contributed by atoms with E-state index >= 15 is 0 Å². The maximum atomic E-state index is 12.5. The molecule has 298 valence electrons. The van der Waals surface area contributed by atoms with Crippen molar-refractivity contribution >= 4 is 25.7 Å². The highest BCUT2D eigenvalue weighted by atomic mass is 31.2. The van der Waals surface area contributed by atoms with Gasteiger partial charge in [-0.2, -0.15) is 0 Å². The molecule has 0 saturated carbocycles. The number of aliphatic carboxylic acids is 1. The molecule has 52 heavy (non-hydrogen) atoms. The Kier molecular flexibility index (Phi) is 33.3. The van der Waals surface area contributed by atoms with E-state index in [0.29, 0.717) is 12.8 Å². The molecule has 0 spiro atoms. The summed E-state index contributed by atoms with van der Waals surface area (Å²) in [4.78, 5) is 45.7. The minimum Gasteiger partial charge on any atom is -0.480 e. The maximum Gasteiger partial charge on any atom is 0.472 e. The zero-order valence-corrected chi connectivity index (χ0v) is 32.8. The van der Waals surface area contributed by atoms with Crippen LogP contribution < -0.4 is 5.73 Å². The van der Waals surface area contributed by atoms with Crippen molar-refractivity contribution in [2.75, 3.05) is 19.8 Å². The molecule has 0 radical (unpaired) electrons. The van der Waals surface area contributed by atoms with E-state index in [2.05, 4.69) is 79.1 Å². The molecule has 0 heterocycles. The van der Waals surface area contributed by atoms with Crippen LogP contribution in [0.1, 0.15) is 142 Å². The van der Waals surface area contributed by atoms with Crippen LogP contribution in [-0.4, -0.2) is 59.9 Å². The van der Waals surface area contributed by atoms with Crippen LogP contribution in [-0.2, 0) is 37.5 Å². The van der Waals surface area contributed by atoms with Gasteiger partial charge in [-0.15, -0.1) is 0 Å². The van der Waals surface area contributed by atoms with Crippen LogP contribution in [0.4, 0.5) is 0 Å². The molecule has 4 N–H and O–H groups in total. The molecule has 3 atom stereocenters. The molecule has 0 rings (SSSR count). The van der Waals surface area contributed by atoms with Gasteiger partial charge < -0.3 is 25.2 Å². The first-order valence-electron chi connectivity index (χ1n) is 19.3. The fourth-order valence-corrected chi connectivity index (χ4v) is 5.51. The summed E-state index contributed by atoms with van der Waals surface area (Å²) in [5.41, 5.74) is 5.31. The Morgan fingerprint density at radius 3 is 1.62 bits per heavy atom. The number of esters is 2. The van der Waals surface area contributed by atoms with Crippen LogP contribution >= 0.6 is 7.82 Å². The van der Waals surface area contributed by atoms with E-state index in [1.54, 1.807) is 0 Å². The Balaban J connectivity index is 4.44. The number of carboxylic acid groups (broad SMARTS) is 1. The average molecular weight is 754 g/mol. The molecule has 12 heteroatoms. The molecule has 0 aliphatic rings. The summed E-state index contributed by atoms with van der Waals surface area (Å²) in [6.45, 7) is 2.60. The summed E-state index contributed by atoms with van der Waals surface area (Å²) >= 11 is 0. The lowest BCUT2D eigenvalue weighted by Gasteiger charge is -2.20. The number of carbonyl (C=O) groups is 3. The van der Waals surface area contributed by atoms with Crippen LogP contribution in [0.2, 0.25) is 0 Å². The second-order valence-electron chi connectivity index (χ2n) is 12.7. The smallest absolute Gasteiger partial charge is 0.472 e. The first-order valence-corrected chi connectivity index (χ1v) is 20.8. The summed E-state index contributed by atoms with van der Waals surface area (Å²) in [6, 6.07) is -1.53. The number of rotatable bonds is 35. The van der Waals surface area contributed by atoms with E-state index in [1.165, 1.54) is 32.1 Å². The quantitative estimate of drug-likeness (QED) is 0.0244. The Morgan fingerprint density at radius 2 is 1.08 bits per heavy atom. The van der Waals surface area contributed by atoms with Gasteiger partial charge in [0.15, 0.2) is 6.10 Å². The van der Waals surface area contributed by atoms with E-state index in [4.69, 9.17) is 24.8 Å². The van der Waals surface area contributed by atoms with E-state index in [1.807, 2.05) is 0 Å². The minimum atomic E-state index is -4.72. The van der Waals surface area contributed by atoms with Crippen LogP contribution in [0.5, 0.6) is 0 Å². The highest BCUT2D eigenvalue weighted by Gasteiger charge is 2.28. The number of carboxylic acids is 1. The van der Waals surface area contributed by atoms with Gasteiger partial charge in [0.25, 0.3) is 0 Å². The summed E-state index contributed by atoms with van der Waals surface area (Å²) in [7, 11) is -4.72. The SMILES string of the molecule is CC/C=C/C/C=C/C/C=C/C/C=C/C/C=C/CCCCCC(=O)OC[C@@H](COP(=O)(O)OC[C@@H](N)C(=O)O)OC(=O)CCCCCCCCCCC. The molecule has 0 aromatic carbocycles. The van der Waals surface area contributed by atoms with E-state index < -0.39 is 51.1 Å². The molecule has 0 aliphatic carbocycles. The Morgan fingerprint density at radius 1 is 0.615 bits per heavy atom. The number of hydrogen-bond donors (Lipinski definition) is 3. The van der Waals surface area contributed by atoms with Gasteiger partial charge in [0.2, 0.25) is 0 Å². The Hall–Kier alpha value is -2.82. The Bertz CT molecular complexity index is 1120. The third-order valence-electron chi connectivity index (χ3n) is 7.78. The predicted octanol–water partition coefficient (Wildman–Crippen LogP) is 9.61. The third-order valence-corrected chi connectivity index (χ3v) is 8.73. The molecule has 11 nitrogen and oxygen atoms in total. The molecule has 0 saturated heterocycles. The molecule has 0 aliphatic heterocycles. The van der Waals surface area contributed by atoms with Crippen molar-refractivity contribution in [3.8, 4) is 0 Å². The average Bonchev–Trinajstić information content (AvgIpc) is 3.12. The molecular formula is C40H68NO10P. The van der Waals surface area contributed by atoms with E-state index in [9.17, 15) is 23.8 Å². The second kappa shape index (κ2) is 35.2. The van der Waals surface area contributed by atoms with Crippen molar-refractivity contribution < 1.29 is 47.5 Å². The van der Waals surface area contributed by atoms with Crippen LogP contribution in [0.15, 0.2) is 60.8 Å². The lowest BCUT2D eigenvalue weighted by Crippen LogP contribution is -2.34. The summed E-state index contributed by atoms with van der Waals surface area (Å²) < 4.78 is 32.5. The van der Waals surface area contributed by atoms with Crippen LogP contribution in [0.3, 0.4) is 0 Å². The highest BCUT2D eigenvalue weighted by molar-refractivity contribution is 7.47. The molecular weight excluding hydrogens is 685 g/mol. The van der Waals surface area contributed by atoms with Crippen molar-refractivity contribution in [2.45, 2.75) is 154 Å². The van der Waals surface area contributed by atoms with Gasteiger partial charge in [0.1, 0.15) is 12.6 Å². The number of phosphoric acid groups is 1. The second-order valence-corrected chi connectivity index (χ2v) is 14.1. The van der Waals surface area contributed by atoms with Crippen molar-refractivity contribution in [3.05, 3.63) is 60.8 Å². The van der Waals surface area contributed by atoms with Crippen molar-refractivity contribution in [1.29, 1.82) is 0 Å². The summed E-state index contributed by atoms with van der Waals surface area (Å²) in [6.07, 6.45) is 38.7. The van der Waals surface area contributed by atoms with Crippen molar-refractivity contribution in [2.24, 2.45) is 5.73 Å². The summed E-state index contributed by atoms with van der Waals surface area (Å²) in [5.74, 6) is -2.43. The lowest BCUT2D eigenvalue weighted by molar-refractivity contribution is -0.161. The normalized spacial score (nSPS) is 14.5. The number of allylic oxidation sites excluding steroid dienone is 10. The third kappa shape index (κ3) is 34.3. The number of phosphoric ester groups is 1. The minimum absolute atomic E-state index is 0.152. The zero-order chi connectivity index (χ0) is 38.5. The monoisotopic (exact) mass is 753 g/mol. The largest absolute Gasteiger partial charge is 0.480 e. The lowest BCUT2D eigenvalue weighted by atomic mass is 10.1. The fraction of sp³-hybridized carbons (Fsp3) is 0.675. The van der Waals surface area contributed by atoms with Crippen LogP contribution in [0.25, 0.3) is 0 Å². The Labute approximate surface area is 313 Å². The van der Waals surface area contributed by atoms with Gasteiger partial charge in [-0.1, -0.05) is 132 Å². The molecule has 0 aromatic heterocycles. The predicted molar refractivity (Wildman–Crippen MR) is 208 cm³/mol. The van der Waals surface area contributed by atoms with Crippen LogP contribution in [0, 0.1) is 0 Å². The first kappa shape index (κ1) is 49.2. The van der Waals surface area contributed by atoms with Gasteiger partial charge in [-0.05, 0) is 57.8 Å². The fourth-order valence-electron chi connectivity index (χ4n) is 4.74. The number of nitrogens with two attached hydrogens (primary N) is 1. The number of hydrogen-bond acceptors (Lipinski definition) is 9. The molecule has 0 amide bonds. The zero-order valence-electron chi connectivity index (χ0n) is 31.9. The van der Waals surface area contributed by atoms with E-state index in [-0.39, 0.29) is 19.4 Å². The maximum absolute atomic E-state index is 12.5. The number of unbranched alkanes of at least 4 members (excludes halogenated alkanes) is 11. The van der Waals surface area contributed by atoms with Gasteiger partial charge in [0, 0.05) is 12.8 Å². The topological polar surface area (TPSA) is 172 Å². The van der Waals surface area contributed by atoms with Crippen molar-refractivity contribution in [1.82, 2.24) is 0 Å². The van der Waals surface area contributed by atoms with Gasteiger partial charge in [-0.3, -0.25) is 23.4 Å². The van der Waals surface area contributed by atoms with Gasteiger partial charge in [0.05, 0.1) is 13.2 Å². The summed E-state index contributed by atoms with van der Waals surface area (Å²) in [5, 5.41) is 8.85. The van der Waals surface area contributed by atoms with Gasteiger partial charge in [-0.25, -0.2) is 4.57 Å². The van der Waals surface area contributed by atoms with E-state index in [0.717, 1.165) is 70.6 Å². The molecule has 0 aromatic rings. The molecule has 0 bridgehead atoms. The van der Waals surface area contributed by atoms with Crippen molar-refractivity contribution in [3.63, 3.8) is 0 Å². The highest BCUT2D eigenvalue weighted by Crippen LogP contribution is 2.43. The first-order chi connectivity index (χ1) is 25.1. The number of carbonyl (C=O) groups excluding carboxylic acids is 2. The molecule has 1 unspecified atom stereocenters. The standard InChI is InChI=1S/C40H68NO10P/c1-3-5-7-9-11-13-14-15-16-17-18-19-20-21-22-24-25-27-29-31-38(42)48-33-36(34-49-52(46,47)50-35-37(41)40(44)45)51-39(43)32-30-28-26-23-12-10-8-6-4-2/h5,7,11,13,15-16,18-19,21-22,36-37H,3-4,6,8-10,12,14,17,20,23-35,41H2,1-2H3,(H,44,45)(H,46,47)/b7-5+,13-11+,16-15+,19-18+,22-21+/t36-,37+/m0/s1. The molecule has 0 fully saturated rings. The van der Waals surface area contributed by atoms with Gasteiger partial charge >= 0.3 is 25.7 Å². The number of ether oxygens (including phenoxy) is 2.